The highest BCUT2D eigenvalue weighted by Crippen LogP contribution is 2.38. The zero-order valence-corrected chi connectivity index (χ0v) is 25.7. The van der Waals surface area contributed by atoms with E-state index in [1.165, 1.54) is 11.6 Å². The number of rotatable bonds is 10. The predicted octanol–water partition coefficient (Wildman–Crippen LogP) is 6.94. The number of benzene rings is 2. The first-order valence-corrected chi connectivity index (χ1v) is 14.5. The van der Waals surface area contributed by atoms with Gasteiger partial charge in [0.15, 0.2) is 5.82 Å². The summed E-state index contributed by atoms with van der Waals surface area (Å²) >= 11 is 10.9. The molecule has 0 aromatic heterocycles. The third-order valence-electron chi connectivity index (χ3n) is 5.51. The summed E-state index contributed by atoms with van der Waals surface area (Å²) < 4.78 is 24.5. The molecule has 0 amide bonds. The van der Waals surface area contributed by atoms with E-state index in [9.17, 15) is 4.39 Å². The lowest BCUT2D eigenvalue weighted by molar-refractivity contribution is 0.231. The summed E-state index contributed by atoms with van der Waals surface area (Å²) in [4.78, 5) is 7.60. The van der Waals surface area contributed by atoms with Gasteiger partial charge in [-0.05, 0) is 74.2 Å². The molecule has 0 aliphatic carbocycles. The highest BCUT2D eigenvalue weighted by molar-refractivity contribution is 7.80. The zero-order chi connectivity index (χ0) is 26.2. The van der Waals surface area contributed by atoms with Gasteiger partial charge in [0.2, 0.25) is 0 Å². The number of halogens is 2. The number of nitrogens with zero attached hydrogens (tertiary/aromatic N) is 2. The minimum atomic E-state index is -0.645. The predicted molar refractivity (Wildman–Crippen MR) is 166 cm³/mol. The minimum Gasteiger partial charge on any atom is -0.495 e. The molecule has 11 heteroatoms. The van der Waals surface area contributed by atoms with Crippen molar-refractivity contribution in [2.45, 2.75) is 24.8 Å². The second kappa shape index (κ2) is 14.9. The van der Waals surface area contributed by atoms with Gasteiger partial charge in [0.1, 0.15) is 24.0 Å². The van der Waals surface area contributed by atoms with E-state index in [1.807, 2.05) is 50.6 Å². The van der Waals surface area contributed by atoms with Gasteiger partial charge in [-0.25, -0.2) is 9.38 Å². The molecule has 37 heavy (non-hydrogen) atoms. The fourth-order valence-electron chi connectivity index (χ4n) is 3.86. The standard InChI is InChI=1S/C26H33ClFN4O2PS.H3P/c1-6-21(27)26(31-22-8-7-20(36)15-25(22)34-35(4)5)30-17(2)29-23-13-19-16-32(12-10-28)11-9-18(19)14-24(23)33-3;/h6-8,13-15,31,36H,1,9-12,16H2,2-5H3,(H,29,30);1H3/b26-21-;. The Kier molecular flexibility index (Phi) is 12.7. The van der Waals surface area contributed by atoms with Crippen LogP contribution in [0.15, 0.2) is 63.7 Å². The number of aliphatic imine (C=N–C) groups is 1. The van der Waals surface area contributed by atoms with E-state index in [2.05, 4.69) is 34.7 Å². The van der Waals surface area contributed by atoms with E-state index >= 15 is 0 Å². The molecule has 1 heterocycles. The van der Waals surface area contributed by atoms with Crippen molar-refractivity contribution in [2.75, 3.05) is 50.8 Å². The SMILES string of the molecule is C=C/C(Cl)=C(\N=C(/C)Nc1cc2c(cc1OC)CCN(CCF)C2)Nc1ccc(S)cc1OP(C)C.P. The van der Waals surface area contributed by atoms with Crippen LogP contribution in [-0.4, -0.2) is 50.9 Å². The maximum Gasteiger partial charge on any atom is 0.151 e. The van der Waals surface area contributed by atoms with Crippen molar-refractivity contribution in [3.8, 4) is 11.5 Å². The maximum absolute atomic E-state index is 12.9. The Morgan fingerprint density at radius 3 is 2.62 bits per heavy atom. The molecule has 0 fully saturated rings. The molecule has 0 bridgehead atoms. The van der Waals surface area contributed by atoms with Gasteiger partial charge in [-0.1, -0.05) is 18.2 Å². The molecule has 1 aliphatic heterocycles. The molecule has 1 unspecified atom stereocenters. The number of allylic oxidation sites excluding steroid dienone is 2. The van der Waals surface area contributed by atoms with Gasteiger partial charge in [0.05, 0.1) is 31.7 Å². The highest BCUT2D eigenvalue weighted by Gasteiger charge is 2.19. The third-order valence-corrected chi connectivity index (χ3v) is 6.69. The molecule has 0 saturated carbocycles. The van der Waals surface area contributed by atoms with Crippen molar-refractivity contribution in [3.05, 3.63) is 65.0 Å². The van der Waals surface area contributed by atoms with Crippen LogP contribution in [0.1, 0.15) is 18.1 Å². The van der Waals surface area contributed by atoms with E-state index in [0.29, 0.717) is 35.5 Å². The Bertz CT molecular complexity index is 1160. The van der Waals surface area contributed by atoms with Gasteiger partial charge in [-0.3, -0.25) is 4.90 Å². The van der Waals surface area contributed by atoms with Gasteiger partial charge < -0.3 is 19.9 Å². The largest absolute Gasteiger partial charge is 0.495 e. The van der Waals surface area contributed by atoms with Gasteiger partial charge in [-0.2, -0.15) is 9.90 Å². The molecule has 1 aliphatic rings. The van der Waals surface area contributed by atoms with E-state index in [-0.39, 0.29) is 16.6 Å². The second-order valence-corrected chi connectivity index (χ2v) is 11.2. The fourth-order valence-corrected chi connectivity index (χ4v) is 4.69. The number of nitrogens with one attached hydrogen (secondary N) is 2. The monoisotopic (exact) mass is 584 g/mol. The van der Waals surface area contributed by atoms with E-state index in [1.54, 1.807) is 7.11 Å². The molecule has 0 saturated heterocycles. The molecular weight excluding hydrogens is 549 g/mol. The van der Waals surface area contributed by atoms with Crippen molar-refractivity contribution in [2.24, 2.45) is 4.99 Å². The van der Waals surface area contributed by atoms with Crippen LogP contribution in [-0.2, 0) is 13.0 Å². The van der Waals surface area contributed by atoms with Crippen molar-refractivity contribution < 1.29 is 13.7 Å². The van der Waals surface area contributed by atoms with Crippen LogP contribution in [0, 0.1) is 0 Å². The van der Waals surface area contributed by atoms with Crippen LogP contribution in [0.25, 0.3) is 0 Å². The lowest BCUT2D eigenvalue weighted by atomic mass is 9.98. The average molecular weight is 585 g/mol. The fraction of sp³-hybridized carbons (Fsp3) is 0.346. The summed E-state index contributed by atoms with van der Waals surface area (Å²) in [6, 6.07) is 9.68. The Labute approximate surface area is 234 Å². The lowest BCUT2D eigenvalue weighted by Crippen LogP contribution is -2.32. The summed E-state index contributed by atoms with van der Waals surface area (Å²) in [6.45, 7) is 11.3. The van der Waals surface area contributed by atoms with Crippen LogP contribution in [0.5, 0.6) is 11.5 Å². The van der Waals surface area contributed by atoms with E-state index in [4.69, 9.17) is 25.9 Å². The number of amidine groups is 1. The average Bonchev–Trinajstić information content (AvgIpc) is 2.84. The van der Waals surface area contributed by atoms with E-state index in [0.717, 1.165) is 40.5 Å². The summed E-state index contributed by atoms with van der Waals surface area (Å²) in [5.74, 6) is 2.39. The molecule has 1 atom stereocenters. The number of hydrogen-bond donors (Lipinski definition) is 3. The molecule has 2 N–H and O–H groups in total. The third kappa shape index (κ3) is 8.87. The second-order valence-electron chi connectivity index (χ2n) is 8.47. The molecule has 0 spiro atoms. The summed E-state index contributed by atoms with van der Waals surface area (Å²) in [6.07, 6.45) is 2.39. The molecule has 202 valence electrons. The van der Waals surface area contributed by atoms with Crippen LogP contribution in [0.2, 0.25) is 0 Å². The van der Waals surface area contributed by atoms with Crippen LogP contribution < -0.4 is 19.9 Å². The molecule has 3 rings (SSSR count). The lowest BCUT2D eigenvalue weighted by Gasteiger charge is -2.29. The summed E-state index contributed by atoms with van der Waals surface area (Å²) in [7, 11) is 0.996. The number of methoxy groups -OCH3 is 1. The van der Waals surface area contributed by atoms with Gasteiger partial charge in [-0.15, -0.1) is 12.6 Å². The van der Waals surface area contributed by atoms with Crippen molar-refractivity contribution in [1.29, 1.82) is 0 Å². The van der Waals surface area contributed by atoms with Gasteiger partial charge >= 0.3 is 0 Å². The number of fused-ring (bicyclic) bond motifs is 1. The molecule has 6 nitrogen and oxygen atoms in total. The topological polar surface area (TPSA) is 58.1 Å². The Morgan fingerprint density at radius 1 is 1.22 bits per heavy atom. The molecule has 0 radical (unpaired) electrons. The normalized spacial score (nSPS) is 14.3. The smallest absolute Gasteiger partial charge is 0.151 e. The first-order chi connectivity index (χ1) is 17.2. The Balaban J connectivity index is 0.00000481. The first kappa shape index (κ1) is 31.4. The molecular formula is C26H36ClFN4O2P2S. The summed E-state index contributed by atoms with van der Waals surface area (Å²) in [5, 5.41) is 6.96. The van der Waals surface area contributed by atoms with Gasteiger partial charge in [0.25, 0.3) is 0 Å². The first-order valence-electron chi connectivity index (χ1n) is 11.5. The van der Waals surface area contributed by atoms with Crippen LogP contribution >= 0.6 is 42.3 Å². The Hall–Kier alpha value is -1.82. The molecule has 2 aromatic carbocycles. The quantitative estimate of drug-likeness (QED) is 0.0928. The van der Waals surface area contributed by atoms with Crippen LogP contribution in [0.3, 0.4) is 0 Å². The van der Waals surface area contributed by atoms with Crippen molar-refractivity contribution >= 4 is 59.5 Å². The van der Waals surface area contributed by atoms with Crippen molar-refractivity contribution in [3.63, 3.8) is 0 Å². The molecule has 2 aromatic rings. The number of ether oxygens (including phenoxy) is 1. The number of thiol groups is 1. The van der Waals surface area contributed by atoms with E-state index < -0.39 is 8.15 Å². The number of anilines is 2. The number of hydrogen-bond acceptors (Lipinski definition) is 6. The summed E-state index contributed by atoms with van der Waals surface area (Å²) in [5.41, 5.74) is 3.86. The number of alkyl halides is 1. The maximum atomic E-state index is 12.9. The van der Waals surface area contributed by atoms with Gasteiger partial charge in [0, 0.05) is 24.5 Å². The van der Waals surface area contributed by atoms with Crippen LogP contribution in [0.4, 0.5) is 15.8 Å². The highest BCUT2D eigenvalue weighted by atomic mass is 35.5. The zero-order valence-electron chi connectivity index (χ0n) is 21.8. The Morgan fingerprint density at radius 2 is 1.97 bits per heavy atom. The van der Waals surface area contributed by atoms with Crippen molar-refractivity contribution in [1.82, 2.24) is 4.90 Å². The minimum absolute atomic E-state index is 0.